The van der Waals surface area contributed by atoms with Crippen molar-refractivity contribution in [1.82, 2.24) is 0 Å². The van der Waals surface area contributed by atoms with E-state index in [2.05, 4.69) is 0 Å². The standard InChI is InChI=1S/C11H7ClF3NO4/c12-6-2-1-5(11(13,14)15)3-7(6)16-8(10(19)20)4-9(17)18/h1-4,16H,(H,17,18)(H,19,20). The number of hydrogen-bond donors (Lipinski definition) is 3. The summed E-state index contributed by atoms with van der Waals surface area (Å²) < 4.78 is 37.5. The summed E-state index contributed by atoms with van der Waals surface area (Å²) in [5.41, 5.74) is -2.24. The molecule has 0 spiro atoms. The Morgan fingerprint density at radius 3 is 2.30 bits per heavy atom. The van der Waals surface area contributed by atoms with Crippen LogP contribution in [0, 0.1) is 0 Å². The molecule has 0 saturated carbocycles. The zero-order valence-corrected chi connectivity index (χ0v) is 10.3. The van der Waals surface area contributed by atoms with E-state index in [1.54, 1.807) is 0 Å². The Kier molecular flexibility index (Phi) is 4.61. The molecular weight excluding hydrogens is 303 g/mol. The van der Waals surface area contributed by atoms with Crippen LogP contribution in [0.3, 0.4) is 0 Å². The molecule has 1 aromatic carbocycles. The van der Waals surface area contributed by atoms with Gasteiger partial charge in [0.1, 0.15) is 5.70 Å². The molecule has 1 rings (SSSR count). The molecule has 0 aliphatic carbocycles. The third-order valence-electron chi connectivity index (χ3n) is 2.06. The number of benzene rings is 1. The molecule has 0 radical (unpaired) electrons. The maximum atomic E-state index is 12.5. The predicted molar refractivity (Wildman–Crippen MR) is 63.4 cm³/mol. The minimum absolute atomic E-state index is 0.185. The first-order valence-corrected chi connectivity index (χ1v) is 5.30. The predicted octanol–water partition coefficient (Wildman–Crippen LogP) is 2.82. The van der Waals surface area contributed by atoms with Crippen LogP contribution < -0.4 is 5.32 Å². The van der Waals surface area contributed by atoms with Gasteiger partial charge in [0.25, 0.3) is 0 Å². The molecule has 5 nitrogen and oxygen atoms in total. The minimum atomic E-state index is -4.64. The van der Waals surface area contributed by atoms with Gasteiger partial charge >= 0.3 is 18.1 Å². The van der Waals surface area contributed by atoms with Crippen LogP contribution >= 0.6 is 11.6 Å². The summed E-state index contributed by atoms with van der Waals surface area (Å²) in [5, 5.41) is 19.1. The fourth-order valence-electron chi connectivity index (χ4n) is 1.22. The van der Waals surface area contributed by atoms with E-state index in [9.17, 15) is 22.8 Å². The number of aliphatic carboxylic acids is 2. The first kappa shape index (κ1) is 15.8. The summed E-state index contributed by atoms with van der Waals surface area (Å²) in [4.78, 5) is 21.2. The van der Waals surface area contributed by atoms with Crippen LogP contribution in [0.15, 0.2) is 30.0 Å². The number of carboxylic acids is 2. The molecule has 0 bridgehead atoms. The molecule has 0 fully saturated rings. The van der Waals surface area contributed by atoms with Gasteiger partial charge in [-0.15, -0.1) is 0 Å². The van der Waals surface area contributed by atoms with E-state index in [4.69, 9.17) is 21.8 Å². The van der Waals surface area contributed by atoms with E-state index in [0.717, 1.165) is 12.1 Å². The second-order valence-electron chi connectivity index (χ2n) is 3.52. The normalized spacial score (nSPS) is 12.1. The summed E-state index contributed by atoms with van der Waals surface area (Å²) in [7, 11) is 0. The van der Waals surface area contributed by atoms with Gasteiger partial charge in [-0.1, -0.05) is 11.6 Å². The number of carbonyl (C=O) groups is 2. The summed E-state index contributed by atoms with van der Waals surface area (Å²) >= 11 is 5.63. The highest BCUT2D eigenvalue weighted by Crippen LogP contribution is 2.34. The quantitative estimate of drug-likeness (QED) is 0.745. The van der Waals surface area contributed by atoms with Crippen molar-refractivity contribution in [3.8, 4) is 0 Å². The molecule has 0 saturated heterocycles. The van der Waals surface area contributed by atoms with Crippen LogP contribution in [-0.4, -0.2) is 22.2 Å². The maximum Gasteiger partial charge on any atom is 0.416 e. The van der Waals surface area contributed by atoms with Gasteiger partial charge in [0.05, 0.1) is 22.3 Å². The lowest BCUT2D eigenvalue weighted by atomic mass is 10.2. The maximum absolute atomic E-state index is 12.5. The van der Waals surface area contributed by atoms with Crippen molar-refractivity contribution in [3.63, 3.8) is 0 Å². The Morgan fingerprint density at radius 2 is 1.85 bits per heavy atom. The van der Waals surface area contributed by atoms with Crippen molar-refractivity contribution >= 4 is 29.2 Å². The lowest BCUT2D eigenvalue weighted by molar-refractivity contribution is -0.137. The highest BCUT2D eigenvalue weighted by Gasteiger charge is 2.31. The molecule has 0 aliphatic heterocycles. The van der Waals surface area contributed by atoms with Gasteiger partial charge in [0.15, 0.2) is 0 Å². The van der Waals surface area contributed by atoms with E-state index in [1.807, 2.05) is 5.32 Å². The lowest BCUT2D eigenvalue weighted by Crippen LogP contribution is -2.14. The second kappa shape index (κ2) is 5.83. The fourth-order valence-corrected chi connectivity index (χ4v) is 1.38. The second-order valence-corrected chi connectivity index (χ2v) is 3.93. The lowest BCUT2D eigenvalue weighted by Gasteiger charge is -2.12. The molecule has 0 amide bonds. The van der Waals surface area contributed by atoms with Crippen molar-refractivity contribution in [2.24, 2.45) is 0 Å². The van der Waals surface area contributed by atoms with Crippen LogP contribution in [0.2, 0.25) is 5.02 Å². The van der Waals surface area contributed by atoms with Gasteiger partial charge in [0, 0.05) is 0 Å². The van der Waals surface area contributed by atoms with Crippen molar-refractivity contribution in [2.75, 3.05) is 5.32 Å². The molecule has 0 heterocycles. The van der Waals surface area contributed by atoms with Crippen LogP contribution in [-0.2, 0) is 15.8 Å². The Morgan fingerprint density at radius 1 is 1.25 bits per heavy atom. The molecule has 9 heteroatoms. The first-order chi connectivity index (χ1) is 9.11. The highest BCUT2D eigenvalue weighted by molar-refractivity contribution is 6.33. The molecule has 0 aromatic heterocycles. The van der Waals surface area contributed by atoms with Gasteiger partial charge in [0.2, 0.25) is 0 Å². The fraction of sp³-hybridized carbons (Fsp3) is 0.0909. The number of halogens is 4. The van der Waals surface area contributed by atoms with Gasteiger partial charge in [-0.3, -0.25) is 0 Å². The topological polar surface area (TPSA) is 86.6 Å². The number of rotatable bonds is 4. The van der Waals surface area contributed by atoms with Crippen LogP contribution in [0.4, 0.5) is 18.9 Å². The van der Waals surface area contributed by atoms with Crippen LogP contribution in [0.5, 0.6) is 0 Å². The Labute approximate surface area is 115 Å². The number of nitrogens with one attached hydrogen (secondary N) is 1. The largest absolute Gasteiger partial charge is 0.478 e. The zero-order chi connectivity index (χ0) is 15.5. The molecule has 0 unspecified atom stereocenters. The SMILES string of the molecule is O=C(O)C=C(Nc1cc(C(F)(F)F)ccc1Cl)C(=O)O. The van der Waals surface area contributed by atoms with E-state index in [-0.39, 0.29) is 10.7 Å². The monoisotopic (exact) mass is 309 g/mol. The third kappa shape index (κ3) is 4.16. The first-order valence-electron chi connectivity index (χ1n) is 4.93. The van der Waals surface area contributed by atoms with Crippen molar-refractivity contribution in [2.45, 2.75) is 6.18 Å². The average Bonchev–Trinajstić information content (AvgIpc) is 2.28. The van der Waals surface area contributed by atoms with Gasteiger partial charge in [-0.2, -0.15) is 13.2 Å². The van der Waals surface area contributed by atoms with Crippen molar-refractivity contribution in [3.05, 3.63) is 40.6 Å². The minimum Gasteiger partial charge on any atom is -0.478 e. The molecule has 1 aromatic rings. The molecule has 20 heavy (non-hydrogen) atoms. The van der Waals surface area contributed by atoms with Gasteiger partial charge in [-0.25, -0.2) is 9.59 Å². The summed E-state index contributed by atoms with van der Waals surface area (Å²) in [5.74, 6) is -3.22. The molecule has 0 aliphatic rings. The van der Waals surface area contributed by atoms with E-state index >= 15 is 0 Å². The molecule has 0 atom stereocenters. The molecule has 108 valence electrons. The number of anilines is 1. The van der Waals surface area contributed by atoms with Crippen LogP contribution in [0.25, 0.3) is 0 Å². The zero-order valence-electron chi connectivity index (χ0n) is 9.53. The van der Waals surface area contributed by atoms with E-state index in [0.29, 0.717) is 12.1 Å². The smallest absolute Gasteiger partial charge is 0.416 e. The number of alkyl halides is 3. The van der Waals surface area contributed by atoms with Crippen molar-refractivity contribution < 1.29 is 33.0 Å². The van der Waals surface area contributed by atoms with Crippen molar-refractivity contribution in [1.29, 1.82) is 0 Å². The summed E-state index contributed by atoms with van der Waals surface area (Å²) in [6.45, 7) is 0. The Hall–Kier alpha value is -2.22. The van der Waals surface area contributed by atoms with Crippen LogP contribution in [0.1, 0.15) is 5.56 Å². The highest BCUT2D eigenvalue weighted by atomic mass is 35.5. The molecular formula is C11H7ClF3NO4. The summed E-state index contributed by atoms with van der Waals surface area (Å²) in [6.07, 6.45) is -4.33. The number of hydrogen-bond acceptors (Lipinski definition) is 3. The van der Waals surface area contributed by atoms with Gasteiger partial charge in [-0.05, 0) is 18.2 Å². The average molecular weight is 310 g/mol. The third-order valence-corrected chi connectivity index (χ3v) is 2.39. The number of carboxylic acid groups (broad SMARTS) is 2. The summed E-state index contributed by atoms with van der Waals surface area (Å²) in [6, 6.07) is 2.22. The van der Waals surface area contributed by atoms with Gasteiger partial charge < -0.3 is 15.5 Å². The molecule has 3 N–H and O–H groups in total. The van der Waals surface area contributed by atoms with E-state index < -0.39 is 29.4 Å². The Bertz CT molecular complexity index is 584. The van der Waals surface area contributed by atoms with E-state index in [1.165, 1.54) is 0 Å². The Balaban J connectivity index is 3.19.